The van der Waals surface area contributed by atoms with Crippen LogP contribution in [0.2, 0.25) is 0 Å². The third-order valence-corrected chi connectivity index (χ3v) is 4.38. The molecule has 0 saturated carbocycles. The van der Waals surface area contributed by atoms with Crippen LogP contribution in [-0.4, -0.2) is 36.1 Å². The lowest BCUT2D eigenvalue weighted by Gasteiger charge is -2.27. The average molecular weight is 347 g/mol. The molecule has 1 saturated heterocycles. The largest absolute Gasteiger partial charge is 0.433 e. The van der Waals surface area contributed by atoms with Gasteiger partial charge in [-0.3, -0.25) is 0 Å². The molecule has 1 atom stereocenters. The Morgan fingerprint density at radius 3 is 2.76 bits per heavy atom. The first-order chi connectivity index (χ1) is 11.9. The Bertz CT molecular complexity index is 799. The minimum Gasteiger partial charge on any atom is -0.368 e. The molecule has 130 valence electrons. The van der Waals surface area contributed by atoms with E-state index in [2.05, 4.69) is 20.9 Å². The summed E-state index contributed by atoms with van der Waals surface area (Å²) >= 11 is 0. The summed E-state index contributed by atoms with van der Waals surface area (Å²) < 4.78 is 38.5. The summed E-state index contributed by atoms with van der Waals surface area (Å²) in [5, 5.41) is 9.23. The SMILES string of the molecule is CN(c1cc(C(F)(F)F)ncn1)C1CCN(c2ccccc2C#N)C1. The van der Waals surface area contributed by atoms with E-state index >= 15 is 0 Å². The molecule has 5 nitrogen and oxygen atoms in total. The molecule has 1 fully saturated rings. The Labute approximate surface area is 143 Å². The van der Waals surface area contributed by atoms with E-state index in [9.17, 15) is 18.4 Å². The lowest BCUT2D eigenvalue weighted by atomic mass is 10.2. The van der Waals surface area contributed by atoms with Crippen LogP contribution < -0.4 is 9.80 Å². The number of halogens is 3. The summed E-state index contributed by atoms with van der Waals surface area (Å²) in [6.45, 7) is 1.34. The number of alkyl halides is 3. The molecule has 0 N–H and O–H groups in total. The fourth-order valence-electron chi connectivity index (χ4n) is 3.00. The predicted octanol–water partition coefficient (Wildman–Crippen LogP) is 3.08. The third kappa shape index (κ3) is 3.50. The van der Waals surface area contributed by atoms with Crippen LogP contribution >= 0.6 is 0 Å². The van der Waals surface area contributed by atoms with Crippen molar-refractivity contribution in [1.82, 2.24) is 9.97 Å². The number of rotatable bonds is 3. The topological polar surface area (TPSA) is 56.1 Å². The zero-order valence-electron chi connectivity index (χ0n) is 13.5. The van der Waals surface area contributed by atoms with Crippen LogP contribution in [0.3, 0.4) is 0 Å². The number of hydrogen-bond donors (Lipinski definition) is 0. The van der Waals surface area contributed by atoms with E-state index in [0.717, 1.165) is 31.0 Å². The van der Waals surface area contributed by atoms with Gasteiger partial charge in [-0.15, -0.1) is 0 Å². The van der Waals surface area contributed by atoms with Gasteiger partial charge in [0.05, 0.1) is 11.3 Å². The van der Waals surface area contributed by atoms with Gasteiger partial charge >= 0.3 is 6.18 Å². The van der Waals surface area contributed by atoms with E-state index in [4.69, 9.17) is 0 Å². The van der Waals surface area contributed by atoms with Gasteiger partial charge in [0.1, 0.15) is 23.9 Å². The zero-order valence-corrected chi connectivity index (χ0v) is 13.5. The minimum absolute atomic E-state index is 0.00253. The van der Waals surface area contributed by atoms with E-state index in [1.807, 2.05) is 12.1 Å². The number of nitrogens with zero attached hydrogens (tertiary/aromatic N) is 5. The summed E-state index contributed by atoms with van der Waals surface area (Å²) in [4.78, 5) is 11.1. The van der Waals surface area contributed by atoms with E-state index < -0.39 is 11.9 Å². The number of anilines is 2. The molecule has 0 amide bonds. The van der Waals surface area contributed by atoms with Gasteiger partial charge in [-0.1, -0.05) is 12.1 Å². The van der Waals surface area contributed by atoms with Crippen molar-refractivity contribution in [3.63, 3.8) is 0 Å². The first-order valence-electron chi connectivity index (χ1n) is 7.76. The summed E-state index contributed by atoms with van der Waals surface area (Å²) in [5.74, 6) is 0.239. The molecule has 8 heteroatoms. The van der Waals surface area contributed by atoms with Crippen molar-refractivity contribution >= 4 is 11.5 Å². The number of nitriles is 1. The first-order valence-corrected chi connectivity index (χ1v) is 7.76. The maximum Gasteiger partial charge on any atom is 0.433 e. The van der Waals surface area contributed by atoms with Crippen LogP contribution in [0.15, 0.2) is 36.7 Å². The van der Waals surface area contributed by atoms with Crippen LogP contribution in [-0.2, 0) is 6.18 Å². The third-order valence-electron chi connectivity index (χ3n) is 4.38. The normalized spacial score (nSPS) is 17.4. The second kappa shape index (κ2) is 6.59. The van der Waals surface area contributed by atoms with Gasteiger partial charge in [-0.25, -0.2) is 9.97 Å². The van der Waals surface area contributed by atoms with Crippen molar-refractivity contribution in [2.45, 2.75) is 18.6 Å². The molecule has 2 aromatic rings. The lowest BCUT2D eigenvalue weighted by molar-refractivity contribution is -0.141. The molecule has 1 aliphatic rings. The number of benzene rings is 1. The van der Waals surface area contributed by atoms with E-state index in [-0.39, 0.29) is 11.9 Å². The fraction of sp³-hybridized carbons (Fsp3) is 0.353. The van der Waals surface area contributed by atoms with Crippen LogP contribution in [0.4, 0.5) is 24.7 Å². The molecule has 1 aromatic heterocycles. The quantitative estimate of drug-likeness (QED) is 0.854. The fourth-order valence-corrected chi connectivity index (χ4v) is 3.00. The molecule has 3 rings (SSSR count). The highest BCUT2D eigenvalue weighted by molar-refractivity contribution is 5.60. The van der Waals surface area contributed by atoms with Gasteiger partial charge in [0.15, 0.2) is 0 Å². The number of aromatic nitrogens is 2. The Balaban J connectivity index is 1.77. The Kier molecular flexibility index (Phi) is 4.49. The van der Waals surface area contributed by atoms with Crippen molar-refractivity contribution in [2.24, 2.45) is 0 Å². The zero-order chi connectivity index (χ0) is 18.0. The highest BCUT2D eigenvalue weighted by Crippen LogP contribution is 2.31. The van der Waals surface area contributed by atoms with Crippen molar-refractivity contribution in [3.05, 3.63) is 47.9 Å². The smallest absolute Gasteiger partial charge is 0.368 e. The summed E-state index contributed by atoms with van der Waals surface area (Å²) in [7, 11) is 1.73. The molecule has 0 aliphatic carbocycles. The van der Waals surface area contributed by atoms with E-state index in [0.29, 0.717) is 12.1 Å². The van der Waals surface area contributed by atoms with Crippen molar-refractivity contribution in [3.8, 4) is 6.07 Å². The summed E-state index contributed by atoms with van der Waals surface area (Å²) in [6.07, 6.45) is -2.79. The van der Waals surface area contributed by atoms with Crippen LogP contribution in [0.1, 0.15) is 17.7 Å². The minimum atomic E-state index is -4.49. The highest BCUT2D eigenvalue weighted by atomic mass is 19.4. The standard InChI is InChI=1S/C17H16F3N5/c1-24(16-8-15(17(18,19)20)22-11-23-16)13-6-7-25(10-13)14-5-3-2-4-12(14)9-21/h2-5,8,11,13H,6-7,10H2,1H3. The molecule has 25 heavy (non-hydrogen) atoms. The first kappa shape index (κ1) is 17.0. The molecule has 0 radical (unpaired) electrons. The molecular weight excluding hydrogens is 331 g/mol. The number of hydrogen-bond acceptors (Lipinski definition) is 5. The van der Waals surface area contributed by atoms with Crippen molar-refractivity contribution < 1.29 is 13.2 Å². The summed E-state index contributed by atoms with van der Waals surface area (Å²) in [6, 6.07) is 10.5. The van der Waals surface area contributed by atoms with E-state index in [1.165, 1.54) is 0 Å². The average Bonchev–Trinajstić information content (AvgIpc) is 3.10. The Morgan fingerprint density at radius 2 is 2.04 bits per heavy atom. The summed E-state index contributed by atoms with van der Waals surface area (Å²) in [5.41, 5.74) is 0.487. The van der Waals surface area contributed by atoms with Crippen LogP contribution in [0, 0.1) is 11.3 Å². The highest BCUT2D eigenvalue weighted by Gasteiger charge is 2.34. The van der Waals surface area contributed by atoms with Gasteiger partial charge in [-0.2, -0.15) is 18.4 Å². The molecule has 2 heterocycles. The molecule has 0 bridgehead atoms. The predicted molar refractivity (Wildman–Crippen MR) is 87.2 cm³/mol. The van der Waals surface area contributed by atoms with Crippen LogP contribution in [0.25, 0.3) is 0 Å². The molecule has 1 unspecified atom stereocenters. The molecule has 1 aromatic carbocycles. The Hall–Kier alpha value is -2.82. The second-order valence-corrected chi connectivity index (χ2v) is 5.89. The van der Waals surface area contributed by atoms with Crippen molar-refractivity contribution in [1.29, 1.82) is 5.26 Å². The maximum atomic E-state index is 12.8. The number of para-hydroxylation sites is 1. The van der Waals surface area contributed by atoms with Gasteiger partial charge < -0.3 is 9.80 Å². The number of likely N-dealkylation sites (N-methyl/N-ethyl adjacent to an activating group) is 1. The second-order valence-electron chi connectivity index (χ2n) is 5.89. The van der Waals surface area contributed by atoms with Gasteiger partial charge in [-0.05, 0) is 18.6 Å². The van der Waals surface area contributed by atoms with Gasteiger partial charge in [0.2, 0.25) is 0 Å². The molecule has 0 spiro atoms. The lowest BCUT2D eigenvalue weighted by Crippen LogP contribution is -2.35. The van der Waals surface area contributed by atoms with Crippen LogP contribution in [0.5, 0.6) is 0 Å². The molecular formula is C17H16F3N5. The monoisotopic (exact) mass is 347 g/mol. The molecule has 1 aliphatic heterocycles. The maximum absolute atomic E-state index is 12.8. The van der Waals surface area contributed by atoms with Gasteiger partial charge in [0, 0.05) is 32.2 Å². The van der Waals surface area contributed by atoms with Gasteiger partial charge in [0.25, 0.3) is 0 Å². The Morgan fingerprint density at radius 1 is 1.28 bits per heavy atom. The van der Waals surface area contributed by atoms with E-state index in [1.54, 1.807) is 24.1 Å². The van der Waals surface area contributed by atoms with Crippen molar-refractivity contribution in [2.75, 3.05) is 29.9 Å².